The Morgan fingerprint density at radius 1 is 1.26 bits per heavy atom. The maximum absolute atomic E-state index is 13.0. The molecule has 1 atom stereocenters. The van der Waals surface area contributed by atoms with Crippen molar-refractivity contribution in [1.29, 1.82) is 0 Å². The van der Waals surface area contributed by atoms with Gasteiger partial charge in [-0.3, -0.25) is 9.59 Å². The minimum absolute atomic E-state index is 0.0356. The van der Waals surface area contributed by atoms with Gasteiger partial charge in [-0.05, 0) is 62.7 Å². The van der Waals surface area contributed by atoms with Gasteiger partial charge in [0.25, 0.3) is 11.5 Å². The highest BCUT2D eigenvalue weighted by molar-refractivity contribution is 5.93. The van der Waals surface area contributed by atoms with Gasteiger partial charge in [0, 0.05) is 18.2 Å². The van der Waals surface area contributed by atoms with Crippen molar-refractivity contribution in [3.8, 4) is 0 Å². The Labute approximate surface area is 159 Å². The average molecular weight is 371 g/mol. The fourth-order valence-corrected chi connectivity index (χ4v) is 6.63. The van der Waals surface area contributed by atoms with Gasteiger partial charge in [-0.1, -0.05) is 6.92 Å². The number of hydrogen-bond acceptors (Lipinski definition) is 4. The summed E-state index contributed by atoms with van der Waals surface area (Å²) in [5.74, 6) is 3.00. The van der Waals surface area contributed by atoms with E-state index in [9.17, 15) is 9.59 Å². The number of aromatic nitrogens is 2. The highest BCUT2D eigenvalue weighted by Gasteiger charge is 2.53. The lowest BCUT2D eigenvalue weighted by Crippen LogP contribution is -2.51. The fraction of sp³-hybridized carbons (Fsp3) is 0.762. The lowest BCUT2D eigenvalue weighted by atomic mass is 9.49. The number of carbonyl (C=O) groups excluding carboxylic acids is 1. The predicted octanol–water partition coefficient (Wildman–Crippen LogP) is 2.49. The summed E-state index contributed by atoms with van der Waals surface area (Å²) >= 11 is 0. The Balaban J connectivity index is 1.43. The third kappa shape index (κ3) is 2.84. The van der Waals surface area contributed by atoms with Crippen LogP contribution >= 0.6 is 0 Å². The minimum atomic E-state index is -0.276. The third-order valence-corrected chi connectivity index (χ3v) is 7.53. The molecule has 2 heterocycles. The molecule has 6 rings (SSSR count). The van der Waals surface area contributed by atoms with E-state index in [1.165, 1.54) is 25.5 Å². The van der Waals surface area contributed by atoms with Gasteiger partial charge in [0.2, 0.25) is 0 Å². The molecule has 1 aromatic rings. The van der Waals surface area contributed by atoms with Crippen molar-refractivity contribution in [1.82, 2.24) is 14.9 Å². The van der Waals surface area contributed by atoms with Gasteiger partial charge >= 0.3 is 0 Å². The SMILES string of the molecule is CC[C@@H]1COCCN1C(=O)c1cnc(C23CC4CC(CC(C4)C2)C3)[nH]c1=O. The van der Waals surface area contributed by atoms with E-state index < -0.39 is 0 Å². The first kappa shape index (κ1) is 17.4. The first-order chi connectivity index (χ1) is 13.1. The topological polar surface area (TPSA) is 75.3 Å². The summed E-state index contributed by atoms with van der Waals surface area (Å²) in [5.41, 5.74) is -0.0636. The van der Waals surface area contributed by atoms with E-state index in [4.69, 9.17) is 4.74 Å². The molecule has 6 heteroatoms. The van der Waals surface area contributed by atoms with Crippen molar-refractivity contribution in [3.63, 3.8) is 0 Å². The van der Waals surface area contributed by atoms with Crippen LogP contribution in [0.4, 0.5) is 0 Å². The second-order valence-electron chi connectivity index (χ2n) is 9.31. The maximum atomic E-state index is 13.0. The number of hydrogen-bond donors (Lipinski definition) is 1. The normalized spacial score (nSPS) is 37.6. The van der Waals surface area contributed by atoms with Crippen molar-refractivity contribution >= 4 is 5.91 Å². The van der Waals surface area contributed by atoms with Crippen molar-refractivity contribution in [2.45, 2.75) is 63.3 Å². The lowest BCUT2D eigenvalue weighted by Gasteiger charge is -2.56. The quantitative estimate of drug-likeness (QED) is 0.886. The molecule has 146 valence electrons. The van der Waals surface area contributed by atoms with Crippen LogP contribution < -0.4 is 5.56 Å². The molecule has 1 aromatic heterocycles. The van der Waals surface area contributed by atoms with E-state index >= 15 is 0 Å². The van der Waals surface area contributed by atoms with Gasteiger partial charge < -0.3 is 14.6 Å². The van der Waals surface area contributed by atoms with Gasteiger partial charge in [0.15, 0.2) is 0 Å². The second-order valence-corrected chi connectivity index (χ2v) is 9.31. The molecule has 0 radical (unpaired) electrons. The minimum Gasteiger partial charge on any atom is -0.377 e. The molecule has 0 spiro atoms. The molecule has 1 saturated heterocycles. The number of nitrogens with zero attached hydrogens (tertiary/aromatic N) is 2. The molecule has 1 N–H and O–H groups in total. The van der Waals surface area contributed by atoms with Crippen LogP contribution in [0.25, 0.3) is 0 Å². The fourth-order valence-electron chi connectivity index (χ4n) is 6.63. The van der Waals surface area contributed by atoms with E-state index in [-0.39, 0.29) is 28.5 Å². The average Bonchev–Trinajstić information content (AvgIpc) is 2.66. The summed E-state index contributed by atoms with van der Waals surface area (Å²) in [6.45, 7) is 3.64. The molecular formula is C21H29N3O3. The smallest absolute Gasteiger partial charge is 0.263 e. The van der Waals surface area contributed by atoms with Gasteiger partial charge in [-0.2, -0.15) is 0 Å². The van der Waals surface area contributed by atoms with E-state index in [1.807, 2.05) is 6.92 Å². The summed E-state index contributed by atoms with van der Waals surface area (Å²) in [6, 6.07) is 0.0356. The Hall–Kier alpha value is -1.69. The van der Waals surface area contributed by atoms with E-state index in [2.05, 4.69) is 9.97 Å². The second kappa shape index (κ2) is 6.43. The number of rotatable bonds is 3. The Kier molecular flexibility index (Phi) is 4.15. The molecule has 5 fully saturated rings. The molecule has 1 amide bonds. The van der Waals surface area contributed by atoms with Crippen molar-refractivity contribution in [2.75, 3.05) is 19.8 Å². The van der Waals surface area contributed by atoms with Crippen LogP contribution in [-0.2, 0) is 10.2 Å². The Morgan fingerprint density at radius 3 is 2.52 bits per heavy atom. The van der Waals surface area contributed by atoms with Crippen LogP contribution in [0, 0.1) is 17.8 Å². The molecule has 6 nitrogen and oxygen atoms in total. The van der Waals surface area contributed by atoms with Crippen LogP contribution in [0.2, 0.25) is 0 Å². The number of carbonyl (C=O) groups is 1. The predicted molar refractivity (Wildman–Crippen MR) is 101 cm³/mol. The number of amides is 1. The summed E-state index contributed by atoms with van der Waals surface area (Å²) in [6.07, 6.45) is 9.88. The van der Waals surface area contributed by atoms with Crippen molar-refractivity contribution < 1.29 is 9.53 Å². The molecule has 27 heavy (non-hydrogen) atoms. The molecular weight excluding hydrogens is 342 g/mol. The summed E-state index contributed by atoms with van der Waals surface area (Å²) in [7, 11) is 0. The zero-order valence-corrected chi connectivity index (χ0v) is 16.1. The van der Waals surface area contributed by atoms with Crippen molar-refractivity contribution in [3.05, 3.63) is 27.9 Å². The standard InChI is InChI=1S/C21H29N3O3/c1-2-16-12-27-4-3-24(16)19(26)17-11-22-20(23-18(17)25)21-8-13-5-14(9-21)7-15(6-13)10-21/h11,13-16H,2-10,12H2,1H3,(H,22,23,25)/t13?,14?,15?,16-,21?/m1/s1. The highest BCUT2D eigenvalue weighted by Crippen LogP contribution is 2.59. The summed E-state index contributed by atoms with van der Waals surface area (Å²) < 4.78 is 5.48. The molecule has 4 saturated carbocycles. The third-order valence-electron chi connectivity index (χ3n) is 7.53. The monoisotopic (exact) mass is 371 g/mol. The number of aromatic amines is 1. The van der Waals surface area contributed by atoms with Crippen LogP contribution in [0.3, 0.4) is 0 Å². The van der Waals surface area contributed by atoms with Gasteiger partial charge in [-0.25, -0.2) is 4.98 Å². The number of nitrogens with one attached hydrogen (secondary N) is 1. The zero-order valence-electron chi connectivity index (χ0n) is 16.1. The Morgan fingerprint density at radius 2 is 1.93 bits per heavy atom. The molecule has 4 bridgehead atoms. The summed E-state index contributed by atoms with van der Waals surface area (Å²) in [5, 5.41) is 0. The van der Waals surface area contributed by atoms with Crippen molar-refractivity contribution in [2.24, 2.45) is 17.8 Å². The first-order valence-electron chi connectivity index (χ1n) is 10.6. The van der Waals surface area contributed by atoms with Crippen LogP contribution in [0.1, 0.15) is 68.1 Å². The lowest BCUT2D eigenvalue weighted by molar-refractivity contribution is -0.00975. The van der Waals surface area contributed by atoms with Gasteiger partial charge in [0.05, 0.1) is 19.3 Å². The van der Waals surface area contributed by atoms with E-state index in [1.54, 1.807) is 4.90 Å². The summed E-state index contributed by atoms with van der Waals surface area (Å²) in [4.78, 5) is 35.3. The van der Waals surface area contributed by atoms with Gasteiger partial charge in [0.1, 0.15) is 11.4 Å². The molecule has 5 aliphatic rings. The van der Waals surface area contributed by atoms with E-state index in [0.717, 1.165) is 49.3 Å². The highest BCUT2D eigenvalue weighted by atomic mass is 16.5. The maximum Gasteiger partial charge on any atom is 0.263 e. The molecule has 0 aromatic carbocycles. The Bertz CT molecular complexity index is 767. The molecule has 4 aliphatic carbocycles. The molecule has 0 unspecified atom stereocenters. The zero-order chi connectivity index (χ0) is 18.6. The van der Waals surface area contributed by atoms with Crippen LogP contribution in [0.15, 0.2) is 11.0 Å². The largest absolute Gasteiger partial charge is 0.377 e. The number of morpholine rings is 1. The first-order valence-corrected chi connectivity index (χ1v) is 10.6. The van der Waals surface area contributed by atoms with Crippen LogP contribution in [0.5, 0.6) is 0 Å². The van der Waals surface area contributed by atoms with E-state index in [0.29, 0.717) is 19.8 Å². The van der Waals surface area contributed by atoms with Crippen LogP contribution in [-0.4, -0.2) is 46.6 Å². The number of ether oxygens (including phenoxy) is 1. The van der Waals surface area contributed by atoms with Gasteiger partial charge in [-0.15, -0.1) is 0 Å². The number of H-pyrrole nitrogens is 1. The molecule has 1 aliphatic heterocycles.